The molecule has 0 bridgehead atoms. The van der Waals surface area contributed by atoms with E-state index in [2.05, 4.69) is 28.9 Å². The molecule has 3 aromatic heterocycles. The van der Waals surface area contributed by atoms with Crippen molar-refractivity contribution in [3.8, 4) is 11.4 Å². The second-order valence-corrected chi connectivity index (χ2v) is 5.84. The minimum Gasteiger partial charge on any atom is -0.341 e. The van der Waals surface area contributed by atoms with Gasteiger partial charge in [-0.2, -0.15) is 5.10 Å². The molecule has 0 aliphatic heterocycles. The van der Waals surface area contributed by atoms with Crippen molar-refractivity contribution in [3.05, 3.63) is 36.2 Å². The molecule has 0 saturated carbocycles. The van der Waals surface area contributed by atoms with Crippen molar-refractivity contribution in [3.63, 3.8) is 0 Å². The SMILES string of the molecule is CC1Cc2nc(-c3cnn4ccncc34)[nH]c2CC1C. The predicted octanol–water partition coefficient (Wildman–Crippen LogP) is 2.49. The third kappa shape index (κ3) is 1.66. The van der Waals surface area contributed by atoms with Gasteiger partial charge in [0.15, 0.2) is 0 Å². The van der Waals surface area contributed by atoms with Crippen molar-refractivity contribution >= 4 is 5.52 Å². The Hall–Kier alpha value is -2.17. The predicted molar refractivity (Wildman–Crippen MR) is 76.3 cm³/mol. The summed E-state index contributed by atoms with van der Waals surface area (Å²) in [6.45, 7) is 4.62. The first-order chi connectivity index (χ1) is 9.72. The van der Waals surface area contributed by atoms with Gasteiger partial charge in [0.1, 0.15) is 5.82 Å². The number of hydrogen-bond acceptors (Lipinski definition) is 3. The molecule has 5 nitrogen and oxygen atoms in total. The minimum atomic E-state index is 0.698. The standard InChI is InChI=1S/C15H17N5/c1-9-5-12-13(6-10(9)2)19-15(18-12)11-7-17-20-4-3-16-8-14(11)20/h3-4,7-10H,5-6H2,1-2H3,(H,18,19). The van der Waals surface area contributed by atoms with Crippen LogP contribution in [0.1, 0.15) is 25.2 Å². The molecule has 3 aromatic rings. The number of imidazole rings is 1. The molecule has 20 heavy (non-hydrogen) atoms. The Morgan fingerprint density at radius 1 is 1.20 bits per heavy atom. The Kier molecular flexibility index (Phi) is 2.42. The van der Waals surface area contributed by atoms with E-state index in [4.69, 9.17) is 4.98 Å². The van der Waals surface area contributed by atoms with Crippen LogP contribution in [0.25, 0.3) is 16.9 Å². The van der Waals surface area contributed by atoms with Crippen LogP contribution in [-0.4, -0.2) is 24.6 Å². The van der Waals surface area contributed by atoms with E-state index in [0.717, 1.165) is 29.7 Å². The molecule has 0 aromatic carbocycles. The summed E-state index contributed by atoms with van der Waals surface area (Å²) in [5.74, 6) is 2.32. The molecular formula is C15H17N5. The fourth-order valence-corrected chi connectivity index (χ4v) is 2.96. The number of aromatic amines is 1. The van der Waals surface area contributed by atoms with E-state index in [1.54, 1.807) is 6.20 Å². The van der Waals surface area contributed by atoms with E-state index in [9.17, 15) is 0 Å². The number of fused-ring (bicyclic) bond motifs is 2. The fraction of sp³-hybridized carbons (Fsp3) is 0.400. The zero-order chi connectivity index (χ0) is 13.7. The number of rotatable bonds is 1. The van der Waals surface area contributed by atoms with E-state index in [-0.39, 0.29) is 0 Å². The largest absolute Gasteiger partial charge is 0.341 e. The van der Waals surface area contributed by atoms with Gasteiger partial charge in [-0.15, -0.1) is 0 Å². The molecule has 5 heteroatoms. The zero-order valence-corrected chi connectivity index (χ0v) is 11.7. The van der Waals surface area contributed by atoms with E-state index < -0.39 is 0 Å². The van der Waals surface area contributed by atoms with Gasteiger partial charge < -0.3 is 4.98 Å². The Labute approximate surface area is 117 Å². The topological polar surface area (TPSA) is 58.9 Å². The van der Waals surface area contributed by atoms with E-state index >= 15 is 0 Å². The van der Waals surface area contributed by atoms with Crippen LogP contribution in [0.4, 0.5) is 0 Å². The number of nitrogens with one attached hydrogen (secondary N) is 1. The smallest absolute Gasteiger partial charge is 0.141 e. The highest BCUT2D eigenvalue weighted by Crippen LogP contribution is 2.31. The van der Waals surface area contributed by atoms with Gasteiger partial charge in [-0.05, 0) is 24.7 Å². The van der Waals surface area contributed by atoms with Gasteiger partial charge in [0.05, 0.1) is 29.2 Å². The molecule has 3 heterocycles. The van der Waals surface area contributed by atoms with Crippen LogP contribution in [0.3, 0.4) is 0 Å². The Balaban J connectivity index is 1.82. The Bertz CT molecular complexity index is 742. The first-order valence-electron chi connectivity index (χ1n) is 7.08. The Morgan fingerprint density at radius 2 is 2.05 bits per heavy atom. The summed E-state index contributed by atoms with van der Waals surface area (Å²) in [7, 11) is 0. The van der Waals surface area contributed by atoms with E-state index in [1.807, 2.05) is 23.1 Å². The van der Waals surface area contributed by atoms with Crippen LogP contribution in [0.5, 0.6) is 0 Å². The van der Waals surface area contributed by atoms with Gasteiger partial charge in [-0.3, -0.25) is 4.98 Å². The van der Waals surface area contributed by atoms with E-state index in [0.29, 0.717) is 11.8 Å². The number of aromatic nitrogens is 5. The summed E-state index contributed by atoms with van der Waals surface area (Å²) in [5, 5.41) is 4.35. The second-order valence-electron chi connectivity index (χ2n) is 5.84. The molecule has 2 atom stereocenters. The maximum absolute atomic E-state index is 4.79. The maximum Gasteiger partial charge on any atom is 0.141 e. The van der Waals surface area contributed by atoms with Crippen LogP contribution in [-0.2, 0) is 12.8 Å². The fourth-order valence-electron chi connectivity index (χ4n) is 2.96. The lowest BCUT2D eigenvalue weighted by molar-refractivity contribution is 0.355. The summed E-state index contributed by atoms with van der Waals surface area (Å²) in [5.41, 5.74) is 4.51. The normalized spacial score (nSPS) is 22.1. The van der Waals surface area contributed by atoms with Gasteiger partial charge in [0, 0.05) is 18.1 Å². The number of H-pyrrole nitrogens is 1. The molecule has 1 N–H and O–H groups in total. The first-order valence-corrected chi connectivity index (χ1v) is 7.08. The molecule has 0 amide bonds. The molecule has 0 fully saturated rings. The molecule has 1 aliphatic rings. The average Bonchev–Trinajstić information content (AvgIpc) is 3.02. The quantitative estimate of drug-likeness (QED) is 0.737. The van der Waals surface area contributed by atoms with Crippen LogP contribution < -0.4 is 0 Å². The molecule has 4 rings (SSSR count). The Morgan fingerprint density at radius 3 is 2.95 bits per heavy atom. The van der Waals surface area contributed by atoms with Gasteiger partial charge in [0.2, 0.25) is 0 Å². The second kappa shape index (κ2) is 4.16. The zero-order valence-electron chi connectivity index (χ0n) is 11.7. The number of nitrogens with zero attached hydrogens (tertiary/aromatic N) is 4. The van der Waals surface area contributed by atoms with E-state index in [1.165, 1.54) is 11.4 Å². The molecule has 1 aliphatic carbocycles. The highest BCUT2D eigenvalue weighted by atomic mass is 15.2. The lowest BCUT2D eigenvalue weighted by Gasteiger charge is -2.24. The summed E-state index contributed by atoms with van der Waals surface area (Å²) in [4.78, 5) is 12.5. The molecule has 102 valence electrons. The first kappa shape index (κ1) is 11.6. The van der Waals surface area contributed by atoms with Gasteiger partial charge in [-0.25, -0.2) is 9.50 Å². The molecule has 0 radical (unpaired) electrons. The molecule has 0 saturated heterocycles. The highest BCUT2D eigenvalue weighted by molar-refractivity contribution is 5.75. The van der Waals surface area contributed by atoms with Gasteiger partial charge in [0.25, 0.3) is 0 Å². The van der Waals surface area contributed by atoms with Crippen molar-refractivity contribution < 1.29 is 0 Å². The summed E-state index contributed by atoms with van der Waals surface area (Å²) in [6.07, 6.45) is 9.42. The molecular weight excluding hydrogens is 250 g/mol. The van der Waals surface area contributed by atoms with Crippen LogP contribution in [0.15, 0.2) is 24.8 Å². The summed E-state index contributed by atoms with van der Waals surface area (Å²) in [6, 6.07) is 0. The highest BCUT2D eigenvalue weighted by Gasteiger charge is 2.25. The molecule has 0 spiro atoms. The monoisotopic (exact) mass is 267 g/mol. The third-order valence-electron chi connectivity index (χ3n) is 4.46. The van der Waals surface area contributed by atoms with Crippen molar-refractivity contribution in [2.75, 3.05) is 0 Å². The lowest BCUT2D eigenvalue weighted by atomic mass is 9.82. The van der Waals surface area contributed by atoms with Crippen LogP contribution in [0, 0.1) is 11.8 Å². The van der Waals surface area contributed by atoms with Crippen molar-refractivity contribution in [1.29, 1.82) is 0 Å². The minimum absolute atomic E-state index is 0.698. The third-order valence-corrected chi connectivity index (χ3v) is 4.46. The van der Waals surface area contributed by atoms with Crippen LogP contribution in [0.2, 0.25) is 0 Å². The maximum atomic E-state index is 4.79. The average molecular weight is 267 g/mol. The van der Waals surface area contributed by atoms with Gasteiger partial charge in [-0.1, -0.05) is 13.8 Å². The summed E-state index contributed by atoms with van der Waals surface area (Å²) >= 11 is 0. The van der Waals surface area contributed by atoms with Crippen molar-refractivity contribution in [1.82, 2.24) is 24.6 Å². The number of hydrogen-bond donors (Lipinski definition) is 1. The van der Waals surface area contributed by atoms with Crippen LogP contribution >= 0.6 is 0 Å². The summed E-state index contributed by atoms with van der Waals surface area (Å²) < 4.78 is 1.83. The lowest BCUT2D eigenvalue weighted by Crippen LogP contribution is -2.20. The van der Waals surface area contributed by atoms with Crippen molar-refractivity contribution in [2.24, 2.45) is 11.8 Å². The van der Waals surface area contributed by atoms with Gasteiger partial charge >= 0.3 is 0 Å². The van der Waals surface area contributed by atoms with Crippen molar-refractivity contribution in [2.45, 2.75) is 26.7 Å². The molecule has 2 unspecified atom stereocenters.